The minimum atomic E-state index is 0.766. The van der Waals surface area contributed by atoms with Crippen LogP contribution in [0.3, 0.4) is 0 Å². The molecule has 4 heteroatoms. The largest absolute Gasteiger partial charge is 0.494 e. The monoisotopic (exact) mass is 343 g/mol. The van der Waals surface area contributed by atoms with Crippen molar-refractivity contribution in [1.82, 2.24) is 9.97 Å². The second kappa shape index (κ2) is 6.56. The number of rotatable bonds is 4. The predicted octanol–water partition coefficient (Wildman–Crippen LogP) is 5.00. The Bertz CT molecular complexity index is 1020. The van der Waals surface area contributed by atoms with Gasteiger partial charge in [-0.05, 0) is 48.7 Å². The summed E-state index contributed by atoms with van der Waals surface area (Å²) in [6, 6.07) is 14.3. The normalized spacial score (nSPS) is 15.3. The van der Waals surface area contributed by atoms with Gasteiger partial charge in [-0.3, -0.25) is 0 Å². The van der Waals surface area contributed by atoms with Crippen molar-refractivity contribution in [3.05, 3.63) is 88.7 Å². The highest BCUT2D eigenvalue weighted by Gasteiger charge is 2.18. The zero-order valence-electron chi connectivity index (χ0n) is 15.1. The Kier molecular flexibility index (Phi) is 4.09. The van der Waals surface area contributed by atoms with Gasteiger partial charge in [0.15, 0.2) is 0 Å². The standard InChI is InChI=1S/C22H21N3O/c1-14-15(2)22(16-8-5-4-6-9-16)25-18(14)12-20-21(26-3)13-19(24-20)17-10-7-11-23-17/h4-13,23,25H,1-3H3/b20-12+. The summed E-state index contributed by atoms with van der Waals surface area (Å²) in [5, 5.41) is 0. The molecule has 0 radical (unpaired) electrons. The Labute approximate surface area is 153 Å². The molecule has 2 aromatic heterocycles. The highest BCUT2D eigenvalue weighted by molar-refractivity contribution is 6.11. The third-order valence-corrected chi connectivity index (χ3v) is 4.80. The first-order chi connectivity index (χ1) is 12.7. The summed E-state index contributed by atoms with van der Waals surface area (Å²) in [6.45, 7) is 4.27. The van der Waals surface area contributed by atoms with E-state index in [0.29, 0.717) is 0 Å². The minimum absolute atomic E-state index is 0.766. The lowest BCUT2D eigenvalue weighted by Crippen LogP contribution is -1.93. The molecule has 0 bridgehead atoms. The van der Waals surface area contributed by atoms with Gasteiger partial charge in [-0.2, -0.15) is 0 Å². The molecule has 0 atom stereocenters. The lowest BCUT2D eigenvalue weighted by atomic mass is 10.1. The molecule has 0 saturated carbocycles. The number of benzene rings is 1. The summed E-state index contributed by atoms with van der Waals surface area (Å²) in [6.07, 6.45) is 5.91. The summed E-state index contributed by atoms with van der Waals surface area (Å²) in [4.78, 5) is 11.5. The van der Waals surface area contributed by atoms with E-state index < -0.39 is 0 Å². The smallest absolute Gasteiger partial charge is 0.146 e. The van der Waals surface area contributed by atoms with Crippen molar-refractivity contribution in [3.8, 4) is 11.3 Å². The van der Waals surface area contributed by atoms with Crippen LogP contribution < -0.4 is 0 Å². The number of aromatic amines is 2. The number of nitrogens with zero attached hydrogens (tertiary/aromatic N) is 1. The maximum Gasteiger partial charge on any atom is 0.146 e. The van der Waals surface area contributed by atoms with Crippen LogP contribution in [-0.4, -0.2) is 22.8 Å². The molecule has 0 spiro atoms. The van der Waals surface area contributed by atoms with E-state index in [2.05, 4.69) is 54.2 Å². The van der Waals surface area contributed by atoms with Crippen LogP contribution in [0.5, 0.6) is 0 Å². The minimum Gasteiger partial charge on any atom is -0.494 e. The Balaban J connectivity index is 1.76. The number of hydrogen-bond acceptors (Lipinski definition) is 2. The van der Waals surface area contributed by atoms with Crippen molar-refractivity contribution in [1.29, 1.82) is 0 Å². The molecule has 4 rings (SSSR count). The molecule has 3 aromatic rings. The van der Waals surface area contributed by atoms with Gasteiger partial charge in [0, 0.05) is 23.7 Å². The van der Waals surface area contributed by atoms with Crippen molar-refractivity contribution in [3.63, 3.8) is 0 Å². The third kappa shape index (κ3) is 2.80. The van der Waals surface area contributed by atoms with Crippen LogP contribution in [0.2, 0.25) is 0 Å². The molecule has 1 aromatic carbocycles. The maximum atomic E-state index is 5.54. The average Bonchev–Trinajstić information content (AvgIpc) is 3.38. The van der Waals surface area contributed by atoms with Gasteiger partial charge in [-0.1, -0.05) is 30.3 Å². The van der Waals surface area contributed by atoms with Crippen LogP contribution >= 0.6 is 0 Å². The molecule has 1 aliphatic rings. The van der Waals surface area contributed by atoms with Crippen molar-refractivity contribution >= 4 is 11.8 Å². The van der Waals surface area contributed by atoms with E-state index in [1.165, 1.54) is 16.7 Å². The fraction of sp³-hybridized carbons (Fsp3) is 0.136. The summed E-state index contributed by atoms with van der Waals surface area (Å²) >= 11 is 0. The zero-order chi connectivity index (χ0) is 18.1. The number of aromatic nitrogens is 2. The van der Waals surface area contributed by atoms with Crippen LogP contribution in [-0.2, 0) is 4.74 Å². The van der Waals surface area contributed by atoms with Crippen LogP contribution in [0.1, 0.15) is 22.5 Å². The van der Waals surface area contributed by atoms with E-state index in [4.69, 9.17) is 9.73 Å². The second-order valence-corrected chi connectivity index (χ2v) is 6.35. The van der Waals surface area contributed by atoms with E-state index in [-0.39, 0.29) is 0 Å². The summed E-state index contributed by atoms with van der Waals surface area (Å²) in [5.74, 6) is 0.766. The molecule has 0 aliphatic carbocycles. The van der Waals surface area contributed by atoms with E-state index >= 15 is 0 Å². The predicted molar refractivity (Wildman–Crippen MR) is 106 cm³/mol. The first-order valence-corrected chi connectivity index (χ1v) is 8.62. The van der Waals surface area contributed by atoms with Crippen LogP contribution in [0.25, 0.3) is 17.3 Å². The SMILES string of the molecule is COC1=CC(c2ccc[nH]2)=N/C1=C/c1[nH]c(-c2ccccc2)c(C)c1C. The average molecular weight is 343 g/mol. The number of H-pyrrole nitrogens is 2. The second-order valence-electron chi connectivity index (χ2n) is 6.35. The maximum absolute atomic E-state index is 5.54. The van der Waals surface area contributed by atoms with Gasteiger partial charge in [0.05, 0.1) is 18.5 Å². The van der Waals surface area contributed by atoms with Gasteiger partial charge in [0.2, 0.25) is 0 Å². The van der Waals surface area contributed by atoms with Crippen molar-refractivity contribution in [2.45, 2.75) is 13.8 Å². The van der Waals surface area contributed by atoms with Gasteiger partial charge in [0.1, 0.15) is 11.5 Å². The number of ether oxygens (including phenoxy) is 1. The third-order valence-electron chi connectivity index (χ3n) is 4.80. The highest BCUT2D eigenvalue weighted by Crippen LogP contribution is 2.30. The van der Waals surface area contributed by atoms with Gasteiger partial charge in [-0.25, -0.2) is 4.99 Å². The Hall–Kier alpha value is -3.27. The fourth-order valence-corrected chi connectivity index (χ4v) is 3.20. The Morgan fingerprint density at radius 1 is 1.00 bits per heavy atom. The molecule has 0 saturated heterocycles. The highest BCUT2D eigenvalue weighted by atomic mass is 16.5. The van der Waals surface area contributed by atoms with E-state index in [0.717, 1.165) is 34.2 Å². The molecule has 0 unspecified atom stereocenters. The number of aliphatic imine (C=N–C) groups is 1. The molecule has 130 valence electrons. The van der Waals surface area contributed by atoms with Gasteiger partial charge < -0.3 is 14.7 Å². The van der Waals surface area contributed by atoms with Gasteiger partial charge >= 0.3 is 0 Å². The first-order valence-electron chi connectivity index (χ1n) is 8.62. The van der Waals surface area contributed by atoms with E-state index in [1.807, 2.05) is 30.5 Å². The molecule has 0 amide bonds. The number of methoxy groups -OCH3 is 1. The zero-order valence-corrected chi connectivity index (χ0v) is 15.1. The molecule has 2 N–H and O–H groups in total. The molecule has 3 heterocycles. The molecule has 4 nitrogen and oxygen atoms in total. The molecular formula is C22H21N3O. The molecule has 1 aliphatic heterocycles. The summed E-state index contributed by atoms with van der Waals surface area (Å²) in [7, 11) is 1.68. The number of nitrogens with one attached hydrogen (secondary N) is 2. The van der Waals surface area contributed by atoms with Gasteiger partial charge in [-0.15, -0.1) is 0 Å². The first kappa shape index (κ1) is 16.2. The van der Waals surface area contributed by atoms with Gasteiger partial charge in [0.25, 0.3) is 0 Å². The molecule has 26 heavy (non-hydrogen) atoms. The fourth-order valence-electron chi connectivity index (χ4n) is 3.20. The number of allylic oxidation sites excluding steroid dienone is 1. The van der Waals surface area contributed by atoms with E-state index in [1.54, 1.807) is 7.11 Å². The van der Waals surface area contributed by atoms with Crippen LogP contribution in [0.15, 0.2) is 71.2 Å². The quantitative estimate of drug-likeness (QED) is 0.688. The topological polar surface area (TPSA) is 53.2 Å². The lowest BCUT2D eigenvalue weighted by Gasteiger charge is -2.01. The van der Waals surface area contributed by atoms with Crippen molar-refractivity contribution < 1.29 is 4.74 Å². The van der Waals surface area contributed by atoms with Crippen molar-refractivity contribution in [2.75, 3.05) is 7.11 Å². The Morgan fingerprint density at radius 2 is 1.81 bits per heavy atom. The van der Waals surface area contributed by atoms with E-state index in [9.17, 15) is 0 Å². The van der Waals surface area contributed by atoms with Crippen LogP contribution in [0.4, 0.5) is 0 Å². The lowest BCUT2D eigenvalue weighted by molar-refractivity contribution is 0.303. The molecular weight excluding hydrogens is 322 g/mol. The van der Waals surface area contributed by atoms with Crippen molar-refractivity contribution in [2.24, 2.45) is 4.99 Å². The number of hydrogen-bond donors (Lipinski definition) is 2. The van der Waals surface area contributed by atoms with Crippen LogP contribution in [0, 0.1) is 13.8 Å². The Morgan fingerprint density at radius 3 is 2.50 bits per heavy atom. The molecule has 0 fully saturated rings. The summed E-state index contributed by atoms with van der Waals surface area (Å²) in [5.41, 5.74) is 8.52. The summed E-state index contributed by atoms with van der Waals surface area (Å²) < 4.78 is 5.54.